The summed E-state index contributed by atoms with van der Waals surface area (Å²) < 4.78 is 3.01. The summed E-state index contributed by atoms with van der Waals surface area (Å²) in [6.45, 7) is 4.12. The van der Waals surface area contributed by atoms with Gasteiger partial charge in [0.2, 0.25) is 5.95 Å². The molecular formula is C15H13BrClN3. The standard InChI is InChI=1S/C15H13BrClN3/c1-8-6-10(16)7-9(2)14(8)20-12-5-3-4-11(17)13(12)19-15(20)18/h3-7H,1-2H3,(H2,18,19). The van der Waals surface area contributed by atoms with Crippen LogP contribution in [0.15, 0.2) is 34.8 Å². The molecule has 2 aromatic carbocycles. The average molecular weight is 351 g/mol. The first-order valence-electron chi connectivity index (χ1n) is 6.18. The van der Waals surface area contributed by atoms with E-state index >= 15 is 0 Å². The Bertz CT molecular complexity index is 800. The molecule has 0 aliphatic carbocycles. The van der Waals surface area contributed by atoms with Crippen molar-refractivity contribution in [2.45, 2.75) is 13.8 Å². The first kappa shape index (κ1) is 13.5. The molecule has 3 aromatic rings. The van der Waals surface area contributed by atoms with Crippen molar-refractivity contribution in [3.63, 3.8) is 0 Å². The van der Waals surface area contributed by atoms with E-state index in [-0.39, 0.29) is 0 Å². The largest absolute Gasteiger partial charge is 0.369 e. The van der Waals surface area contributed by atoms with E-state index in [0.717, 1.165) is 32.3 Å². The number of imidazole rings is 1. The Balaban J connectivity index is 2.42. The predicted octanol–water partition coefficient (Wildman–Crippen LogP) is 4.64. The van der Waals surface area contributed by atoms with E-state index in [9.17, 15) is 0 Å². The van der Waals surface area contributed by atoms with Gasteiger partial charge in [-0.15, -0.1) is 0 Å². The van der Waals surface area contributed by atoms with Crippen LogP contribution in [0.4, 0.5) is 5.95 Å². The number of halogens is 2. The number of hydrogen-bond donors (Lipinski definition) is 1. The Morgan fingerprint density at radius 1 is 1.20 bits per heavy atom. The van der Waals surface area contributed by atoms with Gasteiger partial charge in [-0.05, 0) is 49.2 Å². The van der Waals surface area contributed by atoms with Crippen LogP contribution in [0.3, 0.4) is 0 Å². The topological polar surface area (TPSA) is 43.8 Å². The molecule has 2 N–H and O–H groups in total. The van der Waals surface area contributed by atoms with Crippen LogP contribution >= 0.6 is 27.5 Å². The van der Waals surface area contributed by atoms with Crippen molar-refractivity contribution in [3.8, 4) is 5.69 Å². The van der Waals surface area contributed by atoms with E-state index in [1.807, 2.05) is 22.8 Å². The van der Waals surface area contributed by atoms with Crippen molar-refractivity contribution in [2.75, 3.05) is 5.73 Å². The molecular weight excluding hydrogens is 338 g/mol. The van der Waals surface area contributed by atoms with Crippen molar-refractivity contribution < 1.29 is 0 Å². The lowest BCUT2D eigenvalue weighted by atomic mass is 10.1. The highest BCUT2D eigenvalue weighted by Crippen LogP contribution is 2.32. The number of hydrogen-bond acceptors (Lipinski definition) is 2. The Kier molecular flexibility index (Phi) is 3.22. The summed E-state index contributed by atoms with van der Waals surface area (Å²) in [7, 11) is 0. The van der Waals surface area contributed by atoms with Gasteiger partial charge in [-0.1, -0.05) is 33.6 Å². The minimum absolute atomic E-state index is 0.446. The van der Waals surface area contributed by atoms with Crippen LogP contribution < -0.4 is 5.73 Å². The maximum Gasteiger partial charge on any atom is 0.206 e. The minimum Gasteiger partial charge on any atom is -0.369 e. The second-order valence-corrected chi connectivity index (χ2v) is 6.12. The highest BCUT2D eigenvalue weighted by atomic mass is 79.9. The highest BCUT2D eigenvalue weighted by molar-refractivity contribution is 9.10. The number of aryl methyl sites for hydroxylation is 2. The zero-order valence-electron chi connectivity index (χ0n) is 11.1. The van der Waals surface area contributed by atoms with E-state index in [1.165, 1.54) is 0 Å². The van der Waals surface area contributed by atoms with Crippen LogP contribution in [0.2, 0.25) is 5.02 Å². The first-order valence-corrected chi connectivity index (χ1v) is 7.35. The fraction of sp³-hybridized carbons (Fsp3) is 0.133. The third kappa shape index (κ3) is 2.00. The molecule has 0 aliphatic rings. The fourth-order valence-corrected chi connectivity index (χ4v) is 3.47. The molecule has 3 nitrogen and oxygen atoms in total. The molecule has 0 amide bonds. The molecule has 1 heterocycles. The van der Waals surface area contributed by atoms with E-state index in [1.54, 1.807) is 0 Å². The van der Waals surface area contributed by atoms with Crippen LogP contribution in [0.25, 0.3) is 16.7 Å². The number of anilines is 1. The van der Waals surface area contributed by atoms with Crippen LogP contribution in [0.1, 0.15) is 11.1 Å². The smallest absolute Gasteiger partial charge is 0.206 e. The second-order valence-electron chi connectivity index (χ2n) is 4.80. The van der Waals surface area contributed by atoms with Gasteiger partial charge < -0.3 is 5.73 Å². The van der Waals surface area contributed by atoms with Crippen molar-refractivity contribution in [1.82, 2.24) is 9.55 Å². The van der Waals surface area contributed by atoms with E-state index in [0.29, 0.717) is 11.0 Å². The van der Waals surface area contributed by atoms with Gasteiger partial charge in [-0.3, -0.25) is 4.57 Å². The van der Waals surface area contributed by atoms with Crippen molar-refractivity contribution in [2.24, 2.45) is 0 Å². The molecule has 1 aromatic heterocycles. The zero-order valence-corrected chi connectivity index (χ0v) is 13.5. The van der Waals surface area contributed by atoms with Gasteiger partial charge in [-0.25, -0.2) is 4.98 Å². The normalized spacial score (nSPS) is 11.2. The summed E-state index contributed by atoms with van der Waals surface area (Å²) >= 11 is 9.71. The monoisotopic (exact) mass is 349 g/mol. The Labute approximate surface area is 130 Å². The van der Waals surface area contributed by atoms with Gasteiger partial charge in [0.1, 0.15) is 5.52 Å². The van der Waals surface area contributed by atoms with Crippen LogP contribution in [-0.2, 0) is 0 Å². The molecule has 3 rings (SSSR count). The number of rotatable bonds is 1. The molecule has 0 atom stereocenters. The Morgan fingerprint density at radius 2 is 1.85 bits per heavy atom. The maximum absolute atomic E-state index is 6.20. The molecule has 0 unspecified atom stereocenters. The molecule has 0 spiro atoms. The fourth-order valence-electron chi connectivity index (χ4n) is 2.57. The van der Waals surface area contributed by atoms with Gasteiger partial charge in [0, 0.05) is 4.47 Å². The first-order chi connectivity index (χ1) is 9.49. The molecule has 0 radical (unpaired) electrons. The minimum atomic E-state index is 0.446. The summed E-state index contributed by atoms with van der Waals surface area (Å²) in [6.07, 6.45) is 0. The maximum atomic E-state index is 6.20. The van der Waals surface area contributed by atoms with Crippen LogP contribution in [0, 0.1) is 13.8 Å². The number of benzene rings is 2. The van der Waals surface area contributed by atoms with Gasteiger partial charge in [0.05, 0.1) is 16.2 Å². The molecule has 0 fully saturated rings. The second kappa shape index (κ2) is 4.79. The Morgan fingerprint density at radius 3 is 2.50 bits per heavy atom. The van der Waals surface area contributed by atoms with Crippen LogP contribution in [0.5, 0.6) is 0 Å². The van der Waals surface area contributed by atoms with Gasteiger partial charge >= 0.3 is 0 Å². The molecule has 20 heavy (non-hydrogen) atoms. The summed E-state index contributed by atoms with van der Waals surface area (Å²) in [4.78, 5) is 4.39. The number of nitrogen functional groups attached to an aromatic ring is 1. The lowest BCUT2D eigenvalue weighted by Gasteiger charge is -2.14. The van der Waals surface area contributed by atoms with Gasteiger partial charge in [0.25, 0.3) is 0 Å². The number of fused-ring (bicyclic) bond motifs is 1. The molecule has 0 saturated carbocycles. The summed E-state index contributed by atoms with van der Waals surface area (Å²) in [5.41, 5.74) is 11.1. The number of para-hydroxylation sites is 1. The number of nitrogens with zero attached hydrogens (tertiary/aromatic N) is 2. The third-order valence-electron chi connectivity index (χ3n) is 3.34. The zero-order chi connectivity index (χ0) is 14.4. The third-order valence-corrected chi connectivity index (χ3v) is 4.10. The Hall–Kier alpha value is -1.52. The SMILES string of the molecule is Cc1cc(Br)cc(C)c1-n1c(N)nc2c(Cl)cccc21. The average Bonchev–Trinajstić information content (AvgIpc) is 2.67. The summed E-state index contributed by atoms with van der Waals surface area (Å²) in [5.74, 6) is 0.446. The van der Waals surface area contributed by atoms with E-state index in [2.05, 4.69) is 46.9 Å². The van der Waals surface area contributed by atoms with E-state index in [4.69, 9.17) is 17.3 Å². The van der Waals surface area contributed by atoms with E-state index < -0.39 is 0 Å². The molecule has 0 bridgehead atoms. The molecule has 0 saturated heterocycles. The lowest BCUT2D eigenvalue weighted by Crippen LogP contribution is -2.04. The van der Waals surface area contributed by atoms with Gasteiger partial charge in [0.15, 0.2) is 0 Å². The number of aromatic nitrogens is 2. The van der Waals surface area contributed by atoms with Gasteiger partial charge in [-0.2, -0.15) is 0 Å². The summed E-state index contributed by atoms with van der Waals surface area (Å²) in [6, 6.07) is 9.84. The molecule has 5 heteroatoms. The summed E-state index contributed by atoms with van der Waals surface area (Å²) in [5, 5.41) is 0.611. The highest BCUT2D eigenvalue weighted by Gasteiger charge is 2.15. The quantitative estimate of drug-likeness (QED) is 0.695. The number of nitrogens with two attached hydrogens (primary N) is 1. The lowest BCUT2D eigenvalue weighted by molar-refractivity contribution is 1.07. The molecule has 0 aliphatic heterocycles. The van der Waals surface area contributed by atoms with Crippen molar-refractivity contribution in [1.29, 1.82) is 0 Å². The van der Waals surface area contributed by atoms with Crippen molar-refractivity contribution >= 4 is 44.5 Å². The van der Waals surface area contributed by atoms with Crippen LogP contribution in [-0.4, -0.2) is 9.55 Å². The van der Waals surface area contributed by atoms with Crippen molar-refractivity contribution in [3.05, 3.63) is 51.0 Å². The molecule has 102 valence electrons. The predicted molar refractivity (Wildman–Crippen MR) is 87.7 cm³/mol.